The van der Waals surface area contributed by atoms with Crippen LogP contribution in [0.5, 0.6) is 0 Å². The maximum absolute atomic E-state index is 11.5. The lowest BCUT2D eigenvalue weighted by Crippen LogP contribution is -2.31. The molecule has 2 rings (SSSR count). The van der Waals surface area contributed by atoms with Crippen molar-refractivity contribution in [2.45, 2.75) is 32.2 Å². The molecule has 1 aliphatic rings. The monoisotopic (exact) mass is 247 g/mol. The Kier molecular flexibility index (Phi) is 3.75. The highest BCUT2D eigenvalue weighted by Crippen LogP contribution is 2.32. The average Bonchev–Trinajstić information content (AvgIpc) is 2.28. The quantitative estimate of drug-likeness (QED) is 0.715. The predicted octanol–water partition coefficient (Wildman–Crippen LogP) is 2.23. The van der Waals surface area contributed by atoms with Gasteiger partial charge >= 0.3 is 0 Å². The molecule has 0 heterocycles. The average molecular weight is 247 g/mol. The van der Waals surface area contributed by atoms with Gasteiger partial charge in [-0.3, -0.25) is 4.79 Å². The van der Waals surface area contributed by atoms with Crippen LogP contribution in [0.2, 0.25) is 0 Å². The molecule has 1 unspecified atom stereocenters. The first-order valence-corrected chi connectivity index (χ1v) is 6.50. The van der Waals surface area contributed by atoms with Gasteiger partial charge in [-0.15, -0.1) is 0 Å². The number of carbonyl (C=O) groups excluding carboxylic acids is 1. The second-order valence-electron chi connectivity index (χ2n) is 5.01. The standard InChI is InChI=1S/C14H21N3O/c1-9(10-4-3-5-10)17-13-7-6-11(8-12(13)15)14(18)16-2/h6-10,17H,3-5,15H2,1-2H3,(H,16,18). The minimum atomic E-state index is -0.111. The van der Waals surface area contributed by atoms with Gasteiger partial charge in [0.15, 0.2) is 0 Å². The Morgan fingerprint density at radius 2 is 2.17 bits per heavy atom. The number of hydrogen-bond acceptors (Lipinski definition) is 3. The second-order valence-corrected chi connectivity index (χ2v) is 5.01. The third kappa shape index (κ3) is 2.58. The van der Waals surface area contributed by atoms with Crippen molar-refractivity contribution in [3.63, 3.8) is 0 Å². The highest BCUT2D eigenvalue weighted by atomic mass is 16.1. The molecule has 0 spiro atoms. The summed E-state index contributed by atoms with van der Waals surface area (Å²) in [5.41, 5.74) is 8.12. The third-order valence-electron chi connectivity index (χ3n) is 3.78. The van der Waals surface area contributed by atoms with E-state index in [4.69, 9.17) is 5.73 Å². The van der Waals surface area contributed by atoms with E-state index in [1.54, 1.807) is 19.2 Å². The molecule has 1 aliphatic carbocycles. The molecule has 1 aromatic rings. The molecule has 0 radical (unpaired) electrons. The zero-order valence-electron chi connectivity index (χ0n) is 11.0. The number of anilines is 2. The smallest absolute Gasteiger partial charge is 0.251 e. The van der Waals surface area contributed by atoms with E-state index in [9.17, 15) is 4.79 Å². The summed E-state index contributed by atoms with van der Waals surface area (Å²) in [5, 5.41) is 6.03. The molecule has 0 aromatic heterocycles. The summed E-state index contributed by atoms with van der Waals surface area (Å²) in [5.74, 6) is 0.642. The number of rotatable bonds is 4. The van der Waals surface area contributed by atoms with Gasteiger partial charge in [-0.25, -0.2) is 0 Å². The normalized spacial score (nSPS) is 16.8. The number of hydrogen-bond donors (Lipinski definition) is 3. The summed E-state index contributed by atoms with van der Waals surface area (Å²) in [7, 11) is 1.61. The zero-order chi connectivity index (χ0) is 13.1. The van der Waals surface area contributed by atoms with Crippen molar-refractivity contribution in [3.8, 4) is 0 Å². The van der Waals surface area contributed by atoms with Gasteiger partial charge in [-0.05, 0) is 43.9 Å². The molecule has 4 heteroatoms. The molecule has 1 atom stereocenters. The minimum absolute atomic E-state index is 0.111. The summed E-state index contributed by atoms with van der Waals surface area (Å²) in [6.45, 7) is 2.19. The number of nitrogens with two attached hydrogens (primary N) is 1. The van der Waals surface area contributed by atoms with Gasteiger partial charge in [0.05, 0.1) is 11.4 Å². The van der Waals surface area contributed by atoms with Gasteiger partial charge in [-0.2, -0.15) is 0 Å². The maximum atomic E-state index is 11.5. The molecule has 1 fully saturated rings. The van der Waals surface area contributed by atoms with Crippen LogP contribution < -0.4 is 16.4 Å². The first-order chi connectivity index (χ1) is 8.61. The van der Waals surface area contributed by atoms with E-state index < -0.39 is 0 Å². The topological polar surface area (TPSA) is 67.2 Å². The van der Waals surface area contributed by atoms with Crippen molar-refractivity contribution in [2.75, 3.05) is 18.1 Å². The van der Waals surface area contributed by atoms with Gasteiger partial charge in [0.2, 0.25) is 0 Å². The zero-order valence-corrected chi connectivity index (χ0v) is 11.0. The number of nitrogens with one attached hydrogen (secondary N) is 2. The Hall–Kier alpha value is -1.71. The third-order valence-corrected chi connectivity index (χ3v) is 3.78. The van der Waals surface area contributed by atoms with Crippen LogP contribution in [0.4, 0.5) is 11.4 Å². The summed E-state index contributed by atoms with van der Waals surface area (Å²) >= 11 is 0. The molecule has 98 valence electrons. The van der Waals surface area contributed by atoms with Crippen LogP contribution in [-0.2, 0) is 0 Å². The van der Waals surface area contributed by atoms with Crippen molar-refractivity contribution >= 4 is 17.3 Å². The van der Waals surface area contributed by atoms with Gasteiger partial charge in [0.25, 0.3) is 5.91 Å². The molecular weight excluding hydrogens is 226 g/mol. The van der Waals surface area contributed by atoms with E-state index in [2.05, 4.69) is 17.6 Å². The molecule has 0 saturated heterocycles. The van der Waals surface area contributed by atoms with E-state index in [1.807, 2.05) is 6.07 Å². The van der Waals surface area contributed by atoms with E-state index in [0.717, 1.165) is 11.6 Å². The largest absolute Gasteiger partial charge is 0.397 e. The van der Waals surface area contributed by atoms with Crippen LogP contribution in [0.15, 0.2) is 18.2 Å². The van der Waals surface area contributed by atoms with Gasteiger partial charge in [-0.1, -0.05) is 6.42 Å². The van der Waals surface area contributed by atoms with Crippen molar-refractivity contribution in [2.24, 2.45) is 5.92 Å². The van der Waals surface area contributed by atoms with Crippen LogP contribution in [0.3, 0.4) is 0 Å². The highest BCUT2D eigenvalue weighted by Gasteiger charge is 2.24. The summed E-state index contributed by atoms with van der Waals surface area (Å²) in [6.07, 6.45) is 3.93. The lowest BCUT2D eigenvalue weighted by atomic mass is 9.80. The molecule has 1 amide bonds. The van der Waals surface area contributed by atoms with Crippen molar-refractivity contribution in [1.29, 1.82) is 0 Å². The van der Waals surface area contributed by atoms with Gasteiger partial charge in [0.1, 0.15) is 0 Å². The fourth-order valence-corrected chi connectivity index (χ4v) is 2.28. The lowest BCUT2D eigenvalue weighted by Gasteiger charge is -2.32. The summed E-state index contributed by atoms with van der Waals surface area (Å²) in [6, 6.07) is 5.83. The molecule has 4 N–H and O–H groups in total. The highest BCUT2D eigenvalue weighted by molar-refractivity contribution is 5.95. The van der Waals surface area contributed by atoms with Crippen molar-refractivity contribution in [3.05, 3.63) is 23.8 Å². The van der Waals surface area contributed by atoms with Crippen LogP contribution in [0, 0.1) is 5.92 Å². The van der Waals surface area contributed by atoms with Crippen molar-refractivity contribution < 1.29 is 4.79 Å². The summed E-state index contributed by atoms with van der Waals surface area (Å²) < 4.78 is 0. The fourth-order valence-electron chi connectivity index (χ4n) is 2.28. The number of benzene rings is 1. The van der Waals surface area contributed by atoms with Crippen LogP contribution >= 0.6 is 0 Å². The molecule has 0 bridgehead atoms. The van der Waals surface area contributed by atoms with Crippen LogP contribution in [0.25, 0.3) is 0 Å². The first-order valence-electron chi connectivity index (χ1n) is 6.50. The Bertz CT molecular complexity index is 441. The van der Waals surface area contributed by atoms with Gasteiger partial charge in [0, 0.05) is 18.7 Å². The minimum Gasteiger partial charge on any atom is -0.397 e. The molecule has 1 aromatic carbocycles. The Balaban J connectivity index is 2.07. The first kappa shape index (κ1) is 12.7. The molecule has 0 aliphatic heterocycles. The van der Waals surface area contributed by atoms with E-state index in [1.165, 1.54) is 19.3 Å². The Morgan fingerprint density at radius 1 is 1.44 bits per heavy atom. The fraction of sp³-hybridized carbons (Fsp3) is 0.500. The number of amides is 1. The van der Waals surface area contributed by atoms with E-state index in [-0.39, 0.29) is 5.91 Å². The summed E-state index contributed by atoms with van der Waals surface area (Å²) in [4.78, 5) is 11.5. The second kappa shape index (κ2) is 5.29. The van der Waals surface area contributed by atoms with Gasteiger partial charge < -0.3 is 16.4 Å². The van der Waals surface area contributed by atoms with E-state index in [0.29, 0.717) is 17.3 Å². The maximum Gasteiger partial charge on any atom is 0.251 e. The Morgan fingerprint density at radius 3 is 2.67 bits per heavy atom. The lowest BCUT2D eigenvalue weighted by molar-refractivity contribution is 0.0963. The number of nitrogen functional groups attached to an aromatic ring is 1. The van der Waals surface area contributed by atoms with Crippen molar-refractivity contribution in [1.82, 2.24) is 5.32 Å². The molecule has 1 saturated carbocycles. The van der Waals surface area contributed by atoms with Crippen LogP contribution in [0.1, 0.15) is 36.5 Å². The van der Waals surface area contributed by atoms with Crippen LogP contribution in [-0.4, -0.2) is 19.0 Å². The molecule has 4 nitrogen and oxygen atoms in total. The van der Waals surface area contributed by atoms with E-state index >= 15 is 0 Å². The molecule has 18 heavy (non-hydrogen) atoms. The predicted molar refractivity (Wildman–Crippen MR) is 74.7 cm³/mol. The number of carbonyl (C=O) groups is 1. The SMILES string of the molecule is CNC(=O)c1ccc(NC(C)C2CCC2)c(N)c1. The molecular formula is C14H21N3O. The Labute approximate surface area is 108 Å².